The maximum absolute atomic E-state index is 8.08. The highest BCUT2D eigenvalue weighted by atomic mass is 35.5. The Hall–Kier alpha value is -1.25. The summed E-state index contributed by atoms with van der Waals surface area (Å²) in [4.78, 5) is 5.22. The Morgan fingerprint density at radius 2 is 1.20 bits per heavy atom. The molecule has 4 atom stereocenters. The number of nitrogens with two attached hydrogens (primary N) is 2. The van der Waals surface area contributed by atoms with Gasteiger partial charge in [0.05, 0.1) is 38.5 Å². The quantitative estimate of drug-likeness (QED) is 0.442. The number of azide groups is 2. The Bertz CT molecular complexity index is 326. The van der Waals surface area contributed by atoms with Crippen LogP contribution in [0, 0.1) is 0 Å². The summed E-state index contributed by atoms with van der Waals surface area (Å²) in [7, 11) is 0. The van der Waals surface area contributed by atoms with Crippen molar-refractivity contribution in [2.45, 2.75) is 31.6 Å². The van der Waals surface area contributed by atoms with Gasteiger partial charge in [-0.25, -0.2) is 0 Å². The minimum absolute atomic E-state index is 0. The molecule has 0 aliphatic carbocycles. The van der Waals surface area contributed by atoms with Gasteiger partial charge in [-0.05, 0) is 11.1 Å². The summed E-state index contributed by atoms with van der Waals surface area (Å²) in [6, 6.07) is -0.535. The summed E-state index contributed by atoms with van der Waals surface area (Å²) in [5.74, 6) is 0. The van der Waals surface area contributed by atoms with Gasteiger partial charge in [0.2, 0.25) is 0 Å². The average Bonchev–Trinajstić information content (AvgIpc) is 2.93. The molecule has 2 saturated heterocycles. The zero-order valence-corrected chi connectivity index (χ0v) is 11.0. The predicted octanol–water partition coefficient (Wildman–Crippen LogP) is 1.10. The van der Waals surface area contributed by atoms with Gasteiger partial charge < -0.3 is 20.9 Å². The van der Waals surface area contributed by atoms with Crippen molar-refractivity contribution in [3.8, 4) is 0 Å². The van der Waals surface area contributed by atoms with Crippen LogP contribution in [0.4, 0.5) is 0 Å². The topological polar surface area (TPSA) is 168 Å². The molecule has 4 N–H and O–H groups in total. The molecule has 2 heterocycles. The zero-order chi connectivity index (χ0) is 13.4. The SMILES string of the molecule is C.Cl.N[C@@H]1COC[C@@H]1N.[N-]=[N+]=N[C@H]1COC[C@H]1N=[N+]=[N-]. The molecule has 0 saturated carbocycles. The summed E-state index contributed by atoms with van der Waals surface area (Å²) in [5, 5.41) is 6.83. The van der Waals surface area contributed by atoms with Gasteiger partial charge in [-0.1, -0.05) is 17.7 Å². The monoisotopic (exact) mass is 308 g/mol. The minimum atomic E-state index is -0.337. The molecule has 0 unspecified atom stereocenters. The molecule has 2 aliphatic rings. The minimum Gasteiger partial charge on any atom is -0.381 e. The maximum Gasteiger partial charge on any atom is 0.0714 e. The van der Waals surface area contributed by atoms with E-state index < -0.39 is 0 Å². The number of rotatable bonds is 2. The first-order valence-electron chi connectivity index (χ1n) is 5.44. The van der Waals surface area contributed by atoms with Crippen LogP contribution in [0.25, 0.3) is 20.9 Å². The number of ether oxygens (including phenoxy) is 2. The molecule has 0 aromatic rings. The van der Waals surface area contributed by atoms with E-state index in [9.17, 15) is 0 Å². The fourth-order valence-corrected chi connectivity index (χ4v) is 1.47. The van der Waals surface area contributed by atoms with Crippen LogP contribution in [0.2, 0.25) is 0 Å². The second-order valence-corrected chi connectivity index (χ2v) is 3.95. The van der Waals surface area contributed by atoms with E-state index in [0.29, 0.717) is 26.4 Å². The summed E-state index contributed by atoms with van der Waals surface area (Å²) in [6.07, 6.45) is 0. The van der Waals surface area contributed by atoms with Crippen molar-refractivity contribution in [1.82, 2.24) is 0 Å². The molecular weight excluding hydrogens is 288 g/mol. The fourth-order valence-electron chi connectivity index (χ4n) is 1.47. The van der Waals surface area contributed by atoms with Crippen LogP contribution in [-0.4, -0.2) is 50.6 Å². The van der Waals surface area contributed by atoms with E-state index in [-0.39, 0.29) is 44.0 Å². The zero-order valence-electron chi connectivity index (χ0n) is 10.2. The highest BCUT2D eigenvalue weighted by Gasteiger charge is 2.25. The van der Waals surface area contributed by atoms with Gasteiger partial charge in [0.25, 0.3) is 0 Å². The highest BCUT2D eigenvalue weighted by molar-refractivity contribution is 5.85. The van der Waals surface area contributed by atoms with Crippen LogP contribution in [0.15, 0.2) is 10.2 Å². The van der Waals surface area contributed by atoms with E-state index in [1.807, 2.05) is 0 Å². The van der Waals surface area contributed by atoms with E-state index in [0.717, 1.165) is 0 Å². The van der Waals surface area contributed by atoms with Gasteiger partial charge in [0.1, 0.15) is 0 Å². The van der Waals surface area contributed by atoms with Crippen LogP contribution in [0.5, 0.6) is 0 Å². The van der Waals surface area contributed by atoms with Gasteiger partial charge in [-0.2, -0.15) is 0 Å². The summed E-state index contributed by atoms with van der Waals surface area (Å²) in [6.45, 7) is 1.93. The Labute approximate surface area is 123 Å². The highest BCUT2D eigenvalue weighted by Crippen LogP contribution is 2.13. The lowest BCUT2D eigenvalue weighted by atomic mass is 10.2. The van der Waals surface area contributed by atoms with Crippen molar-refractivity contribution in [1.29, 1.82) is 0 Å². The average molecular weight is 309 g/mol. The van der Waals surface area contributed by atoms with Crippen molar-refractivity contribution < 1.29 is 9.47 Å². The lowest BCUT2D eigenvalue weighted by molar-refractivity contribution is 0.191. The van der Waals surface area contributed by atoms with Gasteiger partial charge in [-0.15, -0.1) is 12.4 Å². The first-order chi connectivity index (χ1) is 8.69. The molecule has 11 heteroatoms. The summed E-state index contributed by atoms with van der Waals surface area (Å²) < 4.78 is 9.86. The van der Waals surface area contributed by atoms with E-state index >= 15 is 0 Å². The Morgan fingerprint density at radius 1 is 0.850 bits per heavy atom. The molecule has 0 radical (unpaired) electrons. The third-order valence-electron chi connectivity index (χ3n) is 2.59. The normalized spacial score (nSPS) is 30.5. The van der Waals surface area contributed by atoms with E-state index in [1.54, 1.807) is 0 Å². The van der Waals surface area contributed by atoms with Crippen molar-refractivity contribution in [2.75, 3.05) is 26.4 Å². The summed E-state index contributed by atoms with van der Waals surface area (Å²) >= 11 is 0. The lowest BCUT2D eigenvalue weighted by Gasteiger charge is -2.02. The van der Waals surface area contributed by atoms with E-state index in [1.165, 1.54) is 0 Å². The molecule has 0 aromatic heterocycles. The van der Waals surface area contributed by atoms with Crippen LogP contribution in [0.1, 0.15) is 7.43 Å². The molecule has 2 rings (SSSR count). The molecule has 2 fully saturated rings. The Kier molecular flexibility index (Phi) is 12.2. The fraction of sp³-hybridized carbons (Fsp3) is 1.00. The van der Waals surface area contributed by atoms with Gasteiger partial charge in [-0.3, -0.25) is 0 Å². The first-order valence-corrected chi connectivity index (χ1v) is 5.44. The second-order valence-electron chi connectivity index (χ2n) is 3.95. The number of hydrogen-bond donors (Lipinski definition) is 2. The Morgan fingerprint density at radius 3 is 1.45 bits per heavy atom. The van der Waals surface area contributed by atoms with Crippen LogP contribution < -0.4 is 11.5 Å². The molecule has 0 amide bonds. The van der Waals surface area contributed by atoms with Crippen LogP contribution >= 0.6 is 12.4 Å². The molecule has 10 nitrogen and oxygen atoms in total. The smallest absolute Gasteiger partial charge is 0.0714 e. The lowest BCUT2D eigenvalue weighted by Crippen LogP contribution is -2.39. The van der Waals surface area contributed by atoms with Crippen molar-refractivity contribution >= 4 is 12.4 Å². The second kappa shape index (κ2) is 11.6. The molecule has 20 heavy (non-hydrogen) atoms. The molecule has 0 bridgehead atoms. The van der Waals surface area contributed by atoms with Crippen molar-refractivity contribution in [2.24, 2.45) is 21.7 Å². The number of halogens is 1. The van der Waals surface area contributed by atoms with Gasteiger partial charge in [0, 0.05) is 21.9 Å². The number of hydrogen-bond acceptors (Lipinski definition) is 6. The number of nitrogens with zero attached hydrogens (tertiary/aromatic N) is 6. The van der Waals surface area contributed by atoms with Crippen LogP contribution in [-0.2, 0) is 9.47 Å². The third-order valence-corrected chi connectivity index (χ3v) is 2.59. The maximum atomic E-state index is 8.08. The van der Waals surface area contributed by atoms with Crippen molar-refractivity contribution in [3.63, 3.8) is 0 Å². The molecule has 0 aromatic carbocycles. The molecule has 2 aliphatic heterocycles. The molecule has 0 spiro atoms. The molecule has 116 valence electrons. The van der Waals surface area contributed by atoms with Gasteiger partial charge >= 0.3 is 0 Å². The third kappa shape index (κ3) is 6.78. The van der Waals surface area contributed by atoms with Crippen molar-refractivity contribution in [3.05, 3.63) is 20.9 Å². The standard InChI is InChI=1S/C4H6N6O.C4H10N2O.CH4.ClH/c5-9-7-3-1-11-2-4(3)8-10-6;5-3-1-7-2-4(3)6;;/h3-4H,1-2H2;3-4H,1-2,5-6H2;1H4;1H/t2*3-,4+;;. The van der Waals surface area contributed by atoms with E-state index in [4.69, 9.17) is 32.0 Å². The molecular formula is C9H21ClN8O2. The predicted molar refractivity (Wildman–Crippen MR) is 77.4 cm³/mol. The van der Waals surface area contributed by atoms with Gasteiger partial charge in [0.15, 0.2) is 0 Å². The summed E-state index contributed by atoms with van der Waals surface area (Å²) in [5.41, 5.74) is 27.0. The van der Waals surface area contributed by atoms with E-state index in [2.05, 4.69) is 20.1 Å². The largest absolute Gasteiger partial charge is 0.381 e. The first kappa shape index (κ1) is 21.1. The van der Waals surface area contributed by atoms with Crippen LogP contribution in [0.3, 0.4) is 0 Å². The Balaban J connectivity index is 0.